The molecule has 1 aromatic carbocycles. The monoisotopic (exact) mass is 329 g/mol. The van der Waals surface area contributed by atoms with Gasteiger partial charge in [0.05, 0.1) is 5.92 Å². The standard InChI is InChI=1S/C19H27N3O2/c1-14(2)22-13-15(12-18(22)23)19(24)21-10-8-17(9-11-21)20-16-6-4-3-5-7-16/h3-7,14-15,17,20H,8-13H2,1-2H3. The maximum atomic E-state index is 12.7. The summed E-state index contributed by atoms with van der Waals surface area (Å²) in [5.74, 6) is 0.118. The third-order valence-electron chi connectivity index (χ3n) is 5.08. The van der Waals surface area contributed by atoms with Gasteiger partial charge in [0.1, 0.15) is 0 Å². The minimum Gasteiger partial charge on any atom is -0.382 e. The lowest BCUT2D eigenvalue weighted by Crippen LogP contribution is -2.45. The lowest BCUT2D eigenvalue weighted by molar-refractivity contribution is -0.136. The number of likely N-dealkylation sites (tertiary alicyclic amines) is 2. The van der Waals surface area contributed by atoms with E-state index in [0.29, 0.717) is 19.0 Å². The van der Waals surface area contributed by atoms with Crippen LogP contribution in [0.25, 0.3) is 0 Å². The summed E-state index contributed by atoms with van der Waals surface area (Å²) in [7, 11) is 0. The van der Waals surface area contributed by atoms with E-state index in [1.54, 1.807) is 0 Å². The minimum absolute atomic E-state index is 0.115. The van der Waals surface area contributed by atoms with Gasteiger partial charge in [0, 0.05) is 43.8 Å². The fourth-order valence-corrected chi connectivity index (χ4v) is 3.67. The maximum Gasteiger partial charge on any atom is 0.227 e. The Morgan fingerprint density at radius 1 is 1.17 bits per heavy atom. The first kappa shape index (κ1) is 16.8. The van der Waals surface area contributed by atoms with Crippen LogP contribution in [0.2, 0.25) is 0 Å². The van der Waals surface area contributed by atoms with Crippen LogP contribution in [-0.2, 0) is 9.59 Å². The van der Waals surface area contributed by atoms with E-state index in [1.165, 1.54) is 0 Å². The molecule has 2 aliphatic rings. The van der Waals surface area contributed by atoms with Crippen LogP contribution in [0.5, 0.6) is 0 Å². The van der Waals surface area contributed by atoms with Crippen LogP contribution in [0.4, 0.5) is 5.69 Å². The summed E-state index contributed by atoms with van der Waals surface area (Å²) in [6, 6.07) is 10.8. The molecule has 130 valence electrons. The molecule has 2 saturated heterocycles. The number of carbonyl (C=O) groups is 2. The molecule has 2 fully saturated rings. The molecule has 0 bridgehead atoms. The van der Waals surface area contributed by atoms with Gasteiger partial charge in [0.15, 0.2) is 0 Å². The van der Waals surface area contributed by atoms with Gasteiger partial charge in [-0.3, -0.25) is 9.59 Å². The molecule has 0 aliphatic carbocycles. The van der Waals surface area contributed by atoms with Gasteiger partial charge in [0.2, 0.25) is 11.8 Å². The Hall–Kier alpha value is -2.04. The molecule has 2 amide bonds. The number of nitrogens with one attached hydrogen (secondary N) is 1. The second-order valence-corrected chi connectivity index (χ2v) is 7.15. The molecule has 1 aromatic rings. The average molecular weight is 329 g/mol. The number of para-hydroxylation sites is 1. The molecule has 1 atom stereocenters. The Morgan fingerprint density at radius 2 is 1.83 bits per heavy atom. The van der Waals surface area contributed by atoms with Crippen molar-refractivity contribution in [3.05, 3.63) is 30.3 Å². The summed E-state index contributed by atoms with van der Waals surface area (Å²) in [6.07, 6.45) is 2.28. The molecule has 0 aromatic heterocycles. The van der Waals surface area contributed by atoms with Crippen molar-refractivity contribution < 1.29 is 9.59 Å². The fraction of sp³-hybridized carbons (Fsp3) is 0.579. The summed E-state index contributed by atoms with van der Waals surface area (Å²) >= 11 is 0. The number of benzene rings is 1. The molecule has 1 N–H and O–H groups in total. The Bertz CT molecular complexity index is 580. The topological polar surface area (TPSA) is 52.7 Å². The van der Waals surface area contributed by atoms with Crippen molar-refractivity contribution in [2.24, 2.45) is 5.92 Å². The normalized spacial score (nSPS) is 22.3. The van der Waals surface area contributed by atoms with Crippen LogP contribution in [0, 0.1) is 5.92 Å². The van der Waals surface area contributed by atoms with Crippen LogP contribution in [-0.4, -0.2) is 53.3 Å². The van der Waals surface area contributed by atoms with Crippen molar-refractivity contribution in [2.45, 2.75) is 45.2 Å². The predicted molar refractivity (Wildman–Crippen MR) is 94.6 cm³/mol. The molecule has 2 aliphatic heterocycles. The SMILES string of the molecule is CC(C)N1CC(C(=O)N2CCC(Nc3ccccc3)CC2)CC1=O. The first-order valence-corrected chi connectivity index (χ1v) is 8.94. The van der Waals surface area contributed by atoms with Gasteiger partial charge in [-0.05, 0) is 38.8 Å². The third kappa shape index (κ3) is 3.71. The molecule has 1 unspecified atom stereocenters. The second-order valence-electron chi connectivity index (χ2n) is 7.15. The zero-order valence-corrected chi connectivity index (χ0v) is 14.6. The molecule has 0 radical (unpaired) electrons. The van der Waals surface area contributed by atoms with E-state index in [-0.39, 0.29) is 23.8 Å². The average Bonchev–Trinajstić information content (AvgIpc) is 2.98. The minimum atomic E-state index is -0.154. The summed E-state index contributed by atoms with van der Waals surface area (Å²) < 4.78 is 0. The number of rotatable bonds is 4. The predicted octanol–water partition coefficient (Wildman–Crippen LogP) is 2.35. The molecule has 3 rings (SSSR count). The first-order valence-electron chi connectivity index (χ1n) is 8.94. The molecule has 2 heterocycles. The highest BCUT2D eigenvalue weighted by molar-refractivity contribution is 5.89. The van der Waals surface area contributed by atoms with Gasteiger partial charge in [-0.15, -0.1) is 0 Å². The van der Waals surface area contributed by atoms with Crippen molar-refractivity contribution in [2.75, 3.05) is 25.0 Å². The second kappa shape index (κ2) is 7.24. The number of nitrogens with zero attached hydrogens (tertiary/aromatic N) is 2. The van der Waals surface area contributed by atoms with Crippen LogP contribution in [0.15, 0.2) is 30.3 Å². The van der Waals surface area contributed by atoms with Gasteiger partial charge in [-0.25, -0.2) is 0 Å². The zero-order chi connectivity index (χ0) is 17.1. The number of carbonyl (C=O) groups excluding carboxylic acids is 2. The van der Waals surface area contributed by atoms with Gasteiger partial charge in [-0.2, -0.15) is 0 Å². The van der Waals surface area contributed by atoms with Gasteiger partial charge in [0.25, 0.3) is 0 Å². The summed E-state index contributed by atoms with van der Waals surface area (Å²) in [5, 5.41) is 3.54. The molecule has 0 saturated carbocycles. The Morgan fingerprint density at radius 3 is 2.42 bits per heavy atom. The van der Waals surface area contributed by atoms with Crippen molar-refractivity contribution in [1.29, 1.82) is 0 Å². The number of hydrogen-bond donors (Lipinski definition) is 1. The highest BCUT2D eigenvalue weighted by Crippen LogP contribution is 2.24. The third-order valence-corrected chi connectivity index (χ3v) is 5.08. The number of anilines is 1. The summed E-state index contributed by atoms with van der Waals surface area (Å²) in [5.41, 5.74) is 1.14. The quantitative estimate of drug-likeness (QED) is 0.922. The van der Waals surface area contributed by atoms with E-state index < -0.39 is 0 Å². The molecule has 5 nitrogen and oxygen atoms in total. The summed E-state index contributed by atoms with van der Waals surface area (Å²) in [4.78, 5) is 28.5. The number of amides is 2. The first-order chi connectivity index (χ1) is 11.5. The van der Waals surface area contributed by atoms with Crippen molar-refractivity contribution in [1.82, 2.24) is 9.80 Å². The van der Waals surface area contributed by atoms with E-state index in [2.05, 4.69) is 17.4 Å². The van der Waals surface area contributed by atoms with Gasteiger partial charge in [-0.1, -0.05) is 18.2 Å². The number of piperidine rings is 1. The van der Waals surface area contributed by atoms with E-state index in [4.69, 9.17) is 0 Å². The smallest absolute Gasteiger partial charge is 0.227 e. The van der Waals surface area contributed by atoms with Crippen molar-refractivity contribution in [3.63, 3.8) is 0 Å². The fourth-order valence-electron chi connectivity index (χ4n) is 3.67. The van der Waals surface area contributed by atoms with Gasteiger partial charge >= 0.3 is 0 Å². The van der Waals surface area contributed by atoms with Crippen LogP contribution >= 0.6 is 0 Å². The van der Waals surface area contributed by atoms with Crippen LogP contribution in [0.1, 0.15) is 33.1 Å². The van der Waals surface area contributed by atoms with Crippen molar-refractivity contribution >= 4 is 17.5 Å². The van der Waals surface area contributed by atoms with E-state index in [9.17, 15) is 9.59 Å². The lowest BCUT2D eigenvalue weighted by atomic mass is 10.0. The zero-order valence-electron chi connectivity index (χ0n) is 14.6. The summed E-state index contributed by atoms with van der Waals surface area (Å²) in [6.45, 7) is 6.14. The Balaban J connectivity index is 1.50. The maximum absolute atomic E-state index is 12.7. The highest BCUT2D eigenvalue weighted by atomic mass is 16.2. The largest absolute Gasteiger partial charge is 0.382 e. The molecule has 5 heteroatoms. The van der Waals surface area contributed by atoms with Crippen LogP contribution < -0.4 is 5.32 Å². The molecular weight excluding hydrogens is 302 g/mol. The van der Waals surface area contributed by atoms with E-state index in [1.807, 2.05) is 41.8 Å². The van der Waals surface area contributed by atoms with Crippen molar-refractivity contribution in [3.8, 4) is 0 Å². The highest BCUT2D eigenvalue weighted by Gasteiger charge is 2.38. The Labute approximate surface area is 144 Å². The van der Waals surface area contributed by atoms with Crippen LogP contribution in [0.3, 0.4) is 0 Å². The molecular formula is C19H27N3O2. The number of hydrogen-bond acceptors (Lipinski definition) is 3. The Kier molecular flexibility index (Phi) is 5.07. The molecule has 0 spiro atoms. The molecule has 24 heavy (non-hydrogen) atoms. The van der Waals surface area contributed by atoms with E-state index in [0.717, 1.165) is 31.6 Å². The lowest BCUT2D eigenvalue weighted by Gasteiger charge is -2.34. The van der Waals surface area contributed by atoms with Gasteiger partial charge < -0.3 is 15.1 Å². The van der Waals surface area contributed by atoms with E-state index >= 15 is 0 Å².